The number of nitrogens with one attached hydrogen (secondary N) is 1. The van der Waals surface area contributed by atoms with E-state index in [-0.39, 0.29) is 10.6 Å². The molecule has 0 bridgehead atoms. The molecule has 1 N–H and O–H groups in total. The molecule has 0 saturated carbocycles. The van der Waals surface area contributed by atoms with Gasteiger partial charge < -0.3 is 14.0 Å². The minimum Gasteiger partial charge on any atom is -0.497 e. The van der Waals surface area contributed by atoms with Crippen molar-refractivity contribution in [2.24, 2.45) is 0 Å². The van der Waals surface area contributed by atoms with E-state index in [0.717, 1.165) is 53.0 Å². The summed E-state index contributed by atoms with van der Waals surface area (Å²) in [5, 5.41) is 0. The van der Waals surface area contributed by atoms with E-state index in [9.17, 15) is 13.2 Å². The fraction of sp³-hybridized carbons (Fsp3) is 0.188. The van der Waals surface area contributed by atoms with Gasteiger partial charge in [-0.2, -0.15) is 0 Å². The number of unbranched alkanes of at least 4 members (excludes halogenated alkanes) is 1. The average molecular weight is 570 g/mol. The maximum Gasteiger partial charge on any atom is 0.426 e. The second kappa shape index (κ2) is 12.3. The van der Waals surface area contributed by atoms with Gasteiger partial charge in [-0.15, -0.1) is 0 Å². The van der Waals surface area contributed by atoms with Crippen molar-refractivity contribution in [3.05, 3.63) is 108 Å². The van der Waals surface area contributed by atoms with Gasteiger partial charge in [0.2, 0.25) is 0 Å². The molecular formula is C32H31N3O5S. The highest BCUT2D eigenvalue weighted by Gasteiger charge is 2.20. The molecule has 0 radical (unpaired) electrons. The number of sulfonamides is 1. The summed E-state index contributed by atoms with van der Waals surface area (Å²) < 4.78 is 40.2. The highest BCUT2D eigenvalue weighted by molar-refractivity contribution is 7.90. The summed E-state index contributed by atoms with van der Waals surface area (Å²) >= 11 is 0. The van der Waals surface area contributed by atoms with Crippen molar-refractivity contribution in [1.29, 1.82) is 0 Å². The predicted molar refractivity (Wildman–Crippen MR) is 159 cm³/mol. The summed E-state index contributed by atoms with van der Waals surface area (Å²) in [5.74, 6) is 2.07. The molecule has 41 heavy (non-hydrogen) atoms. The molecule has 8 nitrogen and oxygen atoms in total. The van der Waals surface area contributed by atoms with E-state index in [1.165, 1.54) is 12.1 Å². The van der Waals surface area contributed by atoms with Crippen LogP contribution in [0.4, 0.5) is 4.79 Å². The van der Waals surface area contributed by atoms with Gasteiger partial charge in [-0.1, -0.05) is 74.0 Å². The zero-order chi connectivity index (χ0) is 28.8. The van der Waals surface area contributed by atoms with Crippen LogP contribution in [0, 0.1) is 0 Å². The third-order valence-corrected chi connectivity index (χ3v) is 8.08. The Labute approximate surface area is 239 Å². The van der Waals surface area contributed by atoms with Crippen LogP contribution >= 0.6 is 0 Å². The molecule has 5 rings (SSSR count). The number of carbonyl (C=O) groups is 1. The number of methoxy groups -OCH3 is 1. The highest BCUT2D eigenvalue weighted by atomic mass is 32.2. The molecule has 0 unspecified atom stereocenters. The number of aromatic nitrogens is 2. The molecule has 1 aromatic heterocycles. The molecule has 0 aliphatic heterocycles. The summed E-state index contributed by atoms with van der Waals surface area (Å²) in [7, 11) is -2.40. The molecule has 0 atom stereocenters. The number of rotatable bonds is 10. The third-order valence-electron chi connectivity index (χ3n) is 6.75. The van der Waals surface area contributed by atoms with Gasteiger partial charge in [0.05, 0.1) is 23.0 Å². The molecule has 0 spiro atoms. The smallest absolute Gasteiger partial charge is 0.426 e. The van der Waals surface area contributed by atoms with Crippen LogP contribution in [0.1, 0.15) is 31.2 Å². The summed E-state index contributed by atoms with van der Waals surface area (Å²) in [6.07, 6.45) is 1.94. The van der Waals surface area contributed by atoms with Crippen molar-refractivity contribution < 1.29 is 22.7 Å². The van der Waals surface area contributed by atoms with Gasteiger partial charge in [0.1, 0.15) is 17.3 Å². The van der Waals surface area contributed by atoms with Crippen molar-refractivity contribution in [1.82, 2.24) is 14.3 Å². The molecule has 0 aliphatic rings. The first-order valence-electron chi connectivity index (χ1n) is 13.4. The Balaban J connectivity index is 1.36. The molecule has 210 valence electrons. The molecule has 1 amide bonds. The molecule has 4 aromatic carbocycles. The number of carbonyl (C=O) groups excluding carboxylic acids is 1. The summed E-state index contributed by atoms with van der Waals surface area (Å²) in [5.41, 5.74) is 4.53. The lowest BCUT2D eigenvalue weighted by Crippen LogP contribution is -2.33. The number of imidazole rings is 1. The third kappa shape index (κ3) is 6.41. The topological polar surface area (TPSA) is 99.5 Å². The lowest BCUT2D eigenvalue weighted by Gasteiger charge is -2.13. The van der Waals surface area contributed by atoms with Crippen LogP contribution in [0.15, 0.2) is 102 Å². The Morgan fingerprint density at radius 3 is 2.39 bits per heavy atom. The average Bonchev–Trinajstić information content (AvgIpc) is 3.33. The summed E-state index contributed by atoms with van der Waals surface area (Å²) in [6, 6.07) is 28.6. The number of para-hydroxylation sites is 1. The van der Waals surface area contributed by atoms with Crippen LogP contribution in [-0.4, -0.2) is 31.2 Å². The van der Waals surface area contributed by atoms with Crippen LogP contribution in [0.2, 0.25) is 0 Å². The zero-order valence-corrected chi connectivity index (χ0v) is 23.7. The zero-order valence-electron chi connectivity index (χ0n) is 22.9. The molecule has 1 heterocycles. The normalized spacial score (nSPS) is 11.4. The first-order chi connectivity index (χ1) is 19.9. The minimum absolute atomic E-state index is 0.0252. The van der Waals surface area contributed by atoms with E-state index in [1.54, 1.807) is 37.4 Å². The van der Waals surface area contributed by atoms with Crippen molar-refractivity contribution >= 4 is 27.1 Å². The maximum absolute atomic E-state index is 12.5. The number of benzene rings is 4. The predicted octanol–water partition coefficient (Wildman–Crippen LogP) is 6.58. The quantitative estimate of drug-likeness (QED) is 0.204. The molecule has 0 fully saturated rings. The largest absolute Gasteiger partial charge is 0.497 e. The van der Waals surface area contributed by atoms with E-state index in [2.05, 4.69) is 11.5 Å². The Morgan fingerprint density at radius 1 is 0.927 bits per heavy atom. The van der Waals surface area contributed by atoms with Gasteiger partial charge in [0, 0.05) is 24.6 Å². The molecule has 0 aliphatic carbocycles. The fourth-order valence-electron chi connectivity index (χ4n) is 4.64. The Kier molecular flexibility index (Phi) is 8.35. The van der Waals surface area contributed by atoms with Gasteiger partial charge in [-0.05, 0) is 47.9 Å². The number of amides is 1. The summed E-state index contributed by atoms with van der Waals surface area (Å²) in [4.78, 5) is 17.4. The van der Waals surface area contributed by atoms with Gasteiger partial charge in [-0.3, -0.25) is 0 Å². The molecule has 0 saturated heterocycles. The molecule has 5 aromatic rings. The van der Waals surface area contributed by atoms with E-state index >= 15 is 0 Å². The Morgan fingerprint density at radius 2 is 1.66 bits per heavy atom. The van der Waals surface area contributed by atoms with Crippen LogP contribution < -0.4 is 14.2 Å². The van der Waals surface area contributed by atoms with Gasteiger partial charge in [0.25, 0.3) is 10.0 Å². The lowest BCUT2D eigenvalue weighted by molar-refractivity contribution is 0.207. The minimum atomic E-state index is -4.06. The van der Waals surface area contributed by atoms with Crippen molar-refractivity contribution in [3.8, 4) is 22.6 Å². The van der Waals surface area contributed by atoms with Gasteiger partial charge in [0.15, 0.2) is 0 Å². The lowest BCUT2D eigenvalue weighted by atomic mass is 10.0. The second-order valence-electron chi connectivity index (χ2n) is 9.57. The standard InChI is InChI=1S/C32H31N3O5S/c1-3-4-14-31-33-28-20-19-25(39-2)21-29(28)35(31)22-23-15-17-24(18-16-23)27-12-8-9-13-30(27)40-32(36)34-41(37,38)26-10-6-5-7-11-26/h5-13,15-21H,3-4,14,22H2,1-2H3,(H,34,36). The van der Waals surface area contributed by atoms with Crippen molar-refractivity contribution in [2.45, 2.75) is 37.6 Å². The monoisotopic (exact) mass is 569 g/mol. The number of fused-ring (bicyclic) bond motifs is 1. The van der Waals surface area contributed by atoms with E-state index in [1.807, 2.05) is 59.3 Å². The van der Waals surface area contributed by atoms with Crippen LogP contribution in [-0.2, 0) is 23.0 Å². The van der Waals surface area contributed by atoms with Gasteiger partial charge in [-0.25, -0.2) is 22.9 Å². The van der Waals surface area contributed by atoms with Crippen LogP contribution in [0.5, 0.6) is 11.5 Å². The number of ether oxygens (including phenoxy) is 2. The summed E-state index contributed by atoms with van der Waals surface area (Å²) in [6.45, 7) is 2.81. The van der Waals surface area contributed by atoms with Gasteiger partial charge >= 0.3 is 6.09 Å². The Hall–Kier alpha value is -4.63. The number of aryl methyl sites for hydroxylation is 1. The van der Waals surface area contributed by atoms with E-state index < -0.39 is 16.1 Å². The first-order valence-corrected chi connectivity index (χ1v) is 14.9. The van der Waals surface area contributed by atoms with E-state index in [0.29, 0.717) is 12.1 Å². The second-order valence-corrected chi connectivity index (χ2v) is 11.3. The van der Waals surface area contributed by atoms with E-state index in [4.69, 9.17) is 14.5 Å². The van der Waals surface area contributed by atoms with Crippen molar-refractivity contribution in [3.63, 3.8) is 0 Å². The number of nitrogens with zero attached hydrogens (tertiary/aromatic N) is 2. The maximum atomic E-state index is 12.5. The highest BCUT2D eigenvalue weighted by Crippen LogP contribution is 2.31. The van der Waals surface area contributed by atoms with Crippen LogP contribution in [0.3, 0.4) is 0 Å². The van der Waals surface area contributed by atoms with Crippen LogP contribution in [0.25, 0.3) is 22.2 Å². The first kappa shape index (κ1) is 27.9. The molecular weight excluding hydrogens is 538 g/mol. The fourth-order valence-corrected chi connectivity index (χ4v) is 5.53. The number of hydrogen-bond acceptors (Lipinski definition) is 6. The SMILES string of the molecule is CCCCc1nc2ccc(OC)cc2n1Cc1ccc(-c2ccccc2OC(=O)NS(=O)(=O)c2ccccc2)cc1. The molecule has 9 heteroatoms. The van der Waals surface area contributed by atoms with Crippen molar-refractivity contribution in [2.75, 3.05) is 7.11 Å². The Bertz CT molecular complexity index is 1760. The number of hydrogen-bond donors (Lipinski definition) is 1.